The smallest absolute Gasteiger partial charge is 0.166 e. The van der Waals surface area contributed by atoms with Crippen molar-refractivity contribution in [3.05, 3.63) is 35.4 Å². The van der Waals surface area contributed by atoms with Crippen LogP contribution in [0.3, 0.4) is 0 Å². The van der Waals surface area contributed by atoms with E-state index in [1.807, 2.05) is 6.08 Å². The van der Waals surface area contributed by atoms with Gasteiger partial charge in [-0.2, -0.15) is 0 Å². The first-order valence-corrected chi connectivity index (χ1v) is 13.0. The second-order valence-electron chi connectivity index (χ2n) is 10.5. The van der Waals surface area contributed by atoms with Gasteiger partial charge in [0.2, 0.25) is 0 Å². The number of piperazine rings is 1. The number of nitrogens with zero attached hydrogens (tertiary/aromatic N) is 3. The number of likely N-dealkylation sites (N-methyl/N-ethyl adjacent to an activating group) is 1. The number of rotatable bonds is 8. The average Bonchev–Trinajstić information content (AvgIpc) is 3.06. The number of hydrogen-bond donors (Lipinski definition) is 1. The Hall–Kier alpha value is -1.60. The number of aliphatic hydroxyl groups is 1. The molecule has 6 nitrogen and oxygen atoms in total. The van der Waals surface area contributed by atoms with Crippen molar-refractivity contribution in [3.8, 4) is 11.5 Å². The normalized spacial score (nSPS) is 29.9. The van der Waals surface area contributed by atoms with Crippen LogP contribution in [0.15, 0.2) is 24.3 Å². The topological polar surface area (TPSA) is 48.4 Å². The molecule has 1 aromatic rings. The number of methoxy groups -OCH3 is 1. The van der Waals surface area contributed by atoms with Crippen LogP contribution in [0.2, 0.25) is 0 Å². The monoisotopic (exact) mass is 455 g/mol. The third-order valence-electron chi connectivity index (χ3n) is 8.33. The molecule has 2 unspecified atom stereocenters. The van der Waals surface area contributed by atoms with Crippen molar-refractivity contribution in [3.63, 3.8) is 0 Å². The van der Waals surface area contributed by atoms with Gasteiger partial charge in [0.1, 0.15) is 6.10 Å². The number of aliphatic hydroxyl groups excluding tert-OH is 1. The van der Waals surface area contributed by atoms with Crippen LogP contribution in [-0.4, -0.2) is 92.0 Å². The lowest BCUT2D eigenvalue weighted by atomic mass is 9.69. The van der Waals surface area contributed by atoms with Crippen molar-refractivity contribution in [2.75, 3.05) is 60.0 Å². The molecule has 3 heterocycles. The van der Waals surface area contributed by atoms with Crippen molar-refractivity contribution < 1.29 is 14.6 Å². The van der Waals surface area contributed by atoms with Gasteiger partial charge in [0.25, 0.3) is 0 Å². The second-order valence-corrected chi connectivity index (χ2v) is 10.5. The molecular weight excluding hydrogens is 414 g/mol. The summed E-state index contributed by atoms with van der Waals surface area (Å²) in [5.74, 6) is 1.73. The summed E-state index contributed by atoms with van der Waals surface area (Å²) < 4.78 is 12.1. The number of unbranched alkanes of at least 4 members (excludes halogenated alkanes) is 3. The molecule has 3 aliphatic heterocycles. The summed E-state index contributed by atoms with van der Waals surface area (Å²) in [6.07, 6.45) is 10.7. The van der Waals surface area contributed by atoms with Crippen LogP contribution >= 0.6 is 0 Å². The van der Waals surface area contributed by atoms with Crippen molar-refractivity contribution in [2.24, 2.45) is 0 Å². The minimum absolute atomic E-state index is 0.00271. The van der Waals surface area contributed by atoms with Gasteiger partial charge in [0.05, 0.1) is 18.6 Å². The molecule has 3 atom stereocenters. The quantitative estimate of drug-likeness (QED) is 0.480. The average molecular weight is 456 g/mol. The van der Waals surface area contributed by atoms with Gasteiger partial charge in [-0.25, -0.2) is 0 Å². The van der Waals surface area contributed by atoms with E-state index in [2.05, 4.69) is 40.0 Å². The van der Waals surface area contributed by atoms with Crippen LogP contribution in [0.1, 0.15) is 49.7 Å². The van der Waals surface area contributed by atoms with E-state index >= 15 is 0 Å². The first-order valence-electron chi connectivity index (χ1n) is 13.0. The van der Waals surface area contributed by atoms with Crippen molar-refractivity contribution in [2.45, 2.75) is 62.7 Å². The maximum atomic E-state index is 10.2. The van der Waals surface area contributed by atoms with E-state index in [-0.39, 0.29) is 11.5 Å². The summed E-state index contributed by atoms with van der Waals surface area (Å²) in [6.45, 7) is 9.35. The zero-order chi connectivity index (χ0) is 22.8. The second kappa shape index (κ2) is 9.95. The van der Waals surface area contributed by atoms with Gasteiger partial charge >= 0.3 is 0 Å². The highest BCUT2D eigenvalue weighted by Gasteiger charge is 2.52. The lowest BCUT2D eigenvalue weighted by Gasteiger charge is -2.36. The van der Waals surface area contributed by atoms with E-state index in [1.165, 1.54) is 69.5 Å². The molecule has 1 fully saturated rings. The Bertz CT molecular complexity index is 851. The minimum Gasteiger partial charge on any atom is -0.493 e. The van der Waals surface area contributed by atoms with Crippen molar-refractivity contribution in [1.82, 2.24) is 14.7 Å². The van der Waals surface area contributed by atoms with Crippen LogP contribution in [0.4, 0.5) is 0 Å². The van der Waals surface area contributed by atoms with Crippen LogP contribution in [0.25, 0.3) is 0 Å². The summed E-state index contributed by atoms with van der Waals surface area (Å²) in [7, 11) is 3.94. The predicted octanol–water partition coefficient (Wildman–Crippen LogP) is 3.03. The van der Waals surface area contributed by atoms with Crippen molar-refractivity contribution >= 4 is 0 Å². The van der Waals surface area contributed by atoms with E-state index in [0.717, 1.165) is 37.6 Å². The Balaban J connectivity index is 1.17. The van der Waals surface area contributed by atoms with E-state index in [4.69, 9.17) is 9.47 Å². The Labute approximate surface area is 199 Å². The summed E-state index contributed by atoms with van der Waals surface area (Å²) in [4.78, 5) is 7.69. The Morgan fingerprint density at radius 1 is 1.03 bits per heavy atom. The molecule has 182 valence electrons. The highest BCUT2D eigenvalue weighted by molar-refractivity contribution is 5.61. The molecule has 0 amide bonds. The molecule has 1 aliphatic carbocycles. The fourth-order valence-electron chi connectivity index (χ4n) is 6.28. The molecule has 1 spiro atoms. The molecule has 1 N–H and O–H groups in total. The molecule has 0 radical (unpaired) electrons. The Kier molecular flexibility index (Phi) is 6.98. The fraction of sp³-hybridized carbons (Fsp3) is 0.704. The van der Waals surface area contributed by atoms with Gasteiger partial charge in [-0.1, -0.05) is 31.1 Å². The highest BCUT2D eigenvalue weighted by atomic mass is 16.5. The first-order chi connectivity index (χ1) is 16.1. The predicted molar refractivity (Wildman–Crippen MR) is 131 cm³/mol. The SMILES string of the molecule is COc1ccc2c3c1O[C@@H]1CC(O)C=CC31CCN(CCCCCCN1CCN(C)CC1)C2. The third-order valence-corrected chi connectivity index (χ3v) is 8.33. The summed E-state index contributed by atoms with van der Waals surface area (Å²) in [6, 6.07) is 4.29. The molecule has 1 saturated heterocycles. The van der Waals surface area contributed by atoms with Crippen LogP contribution in [-0.2, 0) is 12.0 Å². The van der Waals surface area contributed by atoms with E-state index in [9.17, 15) is 5.11 Å². The lowest BCUT2D eigenvalue weighted by Crippen LogP contribution is -2.44. The minimum atomic E-state index is -0.422. The van der Waals surface area contributed by atoms with Crippen molar-refractivity contribution in [1.29, 1.82) is 0 Å². The maximum Gasteiger partial charge on any atom is 0.166 e. The summed E-state index contributed by atoms with van der Waals surface area (Å²) in [5, 5.41) is 10.2. The molecule has 33 heavy (non-hydrogen) atoms. The molecule has 0 saturated carbocycles. The van der Waals surface area contributed by atoms with Crippen LogP contribution < -0.4 is 9.47 Å². The standard InChI is InChI=1S/C27H41N3O3/c1-28-15-17-29(18-16-28)12-5-3-4-6-13-30-14-11-27-10-9-22(31)19-24(27)33-26-23(32-2)8-7-21(20-30)25(26)27/h7-10,22,24,31H,3-6,11-20H2,1-2H3/t22?,24-,27?/m1/s1. The number of ether oxygens (including phenoxy) is 2. The van der Waals surface area contributed by atoms with Gasteiger partial charge < -0.3 is 24.4 Å². The highest BCUT2D eigenvalue weighted by Crippen LogP contribution is 2.55. The van der Waals surface area contributed by atoms with E-state index in [1.54, 1.807) is 7.11 Å². The molecule has 5 rings (SSSR count). The largest absolute Gasteiger partial charge is 0.493 e. The van der Waals surface area contributed by atoms with Crippen LogP contribution in [0, 0.1) is 0 Å². The number of benzene rings is 1. The molecule has 0 bridgehead atoms. The van der Waals surface area contributed by atoms with Gasteiger partial charge in [-0.15, -0.1) is 0 Å². The molecule has 4 aliphatic rings. The van der Waals surface area contributed by atoms with Crippen LogP contribution in [0.5, 0.6) is 11.5 Å². The zero-order valence-corrected chi connectivity index (χ0v) is 20.5. The summed E-state index contributed by atoms with van der Waals surface area (Å²) in [5.41, 5.74) is 2.54. The van der Waals surface area contributed by atoms with Gasteiger partial charge in [-0.05, 0) is 57.6 Å². The molecular formula is C27H41N3O3. The maximum absolute atomic E-state index is 10.2. The third kappa shape index (κ3) is 4.68. The van der Waals surface area contributed by atoms with Gasteiger partial charge in [-0.3, -0.25) is 4.90 Å². The fourth-order valence-corrected chi connectivity index (χ4v) is 6.28. The molecule has 1 aromatic carbocycles. The summed E-state index contributed by atoms with van der Waals surface area (Å²) >= 11 is 0. The molecule has 0 aromatic heterocycles. The first kappa shape index (κ1) is 23.2. The molecule has 6 heteroatoms. The van der Waals surface area contributed by atoms with Gasteiger partial charge in [0.15, 0.2) is 11.5 Å². The zero-order valence-electron chi connectivity index (χ0n) is 20.5. The van der Waals surface area contributed by atoms with E-state index in [0.29, 0.717) is 6.42 Å². The van der Waals surface area contributed by atoms with E-state index < -0.39 is 6.10 Å². The lowest BCUT2D eigenvalue weighted by molar-refractivity contribution is 0.0809. The Morgan fingerprint density at radius 3 is 2.55 bits per heavy atom. The Morgan fingerprint density at radius 2 is 1.79 bits per heavy atom. The van der Waals surface area contributed by atoms with Gasteiger partial charge in [0, 0.05) is 44.7 Å². The number of hydrogen-bond acceptors (Lipinski definition) is 6.